The molecule has 110 heavy (non-hydrogen) atoms. The minimum atomic E-state index is -5.59. The fraction of sp³-hybridized carbons (Fsp3) is 0.566. The van der Waals surface area contributed by atoms with Gasteiger partial charge in [0.1, 0.15) is 116 Å². The van der Waals surface area contributed by atoms with Gasteiger partial charge in [-0.25, -0.2) is 57.1 Å². The molecule has 52 nitrogen and oxygen atoms in total. The molecule has 600 valence electrons. The molecule has 0 amide bonds. The van der Waals surface area contributed by atoms with Crippen LogP contribution in [-0.4, -0.2) is 221 Å². The van der Waals surface area contributed by atoms with Crippen LogP contribution in [0.5, 0.6) is 0 Å². The minimum Gasteiger partial charge on any atom is -0.457 e. The molecule has 6 aliphatic heterocycles. The number of anilines is 4. The number of aryl methyl sites for hydroxylation is 1. The number of cyclic esters (lactones) is 1. The summed E-state index contributed by atoms with van der Waals surface area (Å²) >= 11 is 0. The Balaban J connectivity index is 0.671. The monoisotopic (exact) mass is 1660 g/mol. The van der Waals surface area contributed by atoms with Crippen LogP contribution in [0.25, 0.3) is 22.3 Å². The van der Waals surface area contributed by atoms with Crippen molar-refractivity contribution in [3.05, 3.63) is 107 Å². The van der Waals surface area contributed by atoms with Crippen LogP contribution in [0.1, 0.15) is 75.2 Å². The number of nitrogen functional groups attached to an aromatic ring is 4. The number of ether oxygens (including phenoxy) is 6. The number of nitrogens with one attached hydrogen (secondary N) is 2. The second-order valence-electron chi connectivity index (χ2n) is 25.3. The SMILES string of the molecule is Cc1cn([C@H]2C[C@H](OP(=O)(O)OC[C@H]3O[C@@H](n4cnc5c(N)ncnc54)C[C@@H]3OP(=O)(O)OC[C@H]3O[C@@H](n4ccc(N)nc4=O)C[C@@H]3OP(=O)(O)OC[C@H]3O[C@@H](n4cnc5c(=O)[nH]c(N)nc54)C[C@@H]3O)[C@@H](COP(=O)(O)O[C@H]3CC(=O)O[C@@H]3COP(=O)(O)O[C@H]3C[C@H](n4ccc(N)nc4=O)O[C@@H]3CO)O2)c(=O)[nH]c1=O. The molecular weight excluding hydrogens is 1590 g/mol. The fourth-order valence-corrected chi connectivity index (χ4v) is 17.4. The molecule has 6 saturated heterocycles. The predicted molar refractivity (Wildman–Crippen MR) is 358 cm³/mol. The first-order chi connectivity index (χ1) is 51.9. The predicted octanol–water partition coefficient (Wildman–Crippen LogP) is -2.72. The van der Waals surface area contributed by atoms with Crippen molar-refractivity contribution in [3.63, 3.8) is 0 Å². The summed E-state index contributed by atoms with van der Waals surface area (Å²) in [6.07, 6.45) is -21.3. The van der Waals surface area contributed by atoms with Crippen molar-refractivity contribution < 1.29 is 136 Å². The van der Waals surface area contributed by atoms with Gasteiger partial charge in [-0.3, -0.25) is 92.4 Å². The molecule has 0 radical (unpaired) electrons. The number of fused-ring (bicyclic) bond motifs is 2. The molecule has 17 N–H and O–H groups in total. The maximum atomic E-state index is 14.3. The fourth-order valence-electron chi connectivity index (χ4n) is 12.6. The van der Waals surface area contributed by atoms with Gasteiger partial charge in [-0.2, -0.15) is 15.0 Å². The van der Waals surface area contributed by atoms with E-state index in [-0.39, 0.29) is 64.1 Å². The number of phosphoric ester groups is 5. The smallest absolute Gasteiger partial charge is 0.457 e. The lowest BCUT2D eigenvalue weighted by molar-refractivity contribution is -0.143. The van der Waals surface area contributed by atoms with Crippen molar-refractivity contribution in [2.45, 2.75) is 150 Å². The zero-order valence-electron chi connectivity index (χ0n) is 56.5. The highest BCUT2D eigenvalue weighted by Gasteiger charge is 2.51. The molecule has 6 aliphatic rings. The van der Waals surface area contributed by atoms with Gasteiger partial charge >= 0.3 is 62.2 Å². The summed E-state index contributed by atoms with van der Waals surface area (Å²) in [7, 11) is -27.1. The van der Waals surface area contributed by atoms with Crippen molar-refractivity contribution in [2.75, 3.05) is 62.6 Å². The molecule has 0 aliphatic carbocycles. The maximum Gasteiger partial charge on any atom is 0.472 e. The lowest BCUT2D eigenvalue weighted by atomic mass is 10.2. The van der Waals surface area contributed by atoms with Gasteiger partial charge in [-0.15, -0.1) is 0 Å². The average Bonchev–Trinajstić information content (AvgIpc) is 1.63. The molecular formula is C53H69N18O34P5. The normalized spacial score (nSPS) is 30.5. The Labute approximate surface area is 612 Å². The molecule has 57 heteroatoms. The number of nitrogens with zero attached hydrogens (tertiary/aromatic N) is 12. The van der Waals surface area contributed by atoms with E-state index in [2.05, 4.69) is 44.9 Å². The Hall–Kier alpha value is -7.72. The number of nitrogens with two attached hydrogens (primary N) is 4. The van der Waals surface area contributed by atoms with E-state index in [0.717, 1.165) is 26.2 Å². The number of imidazole rings is 2. The summed E-state index contributed by atoms with van der Waals surface area (Å²) in [5.41, 5.74) is 18.7. The van der Waals surface area contributed by atoms with Gasteiger partial charge in [-0.05, 0) is 19.1 Å². The van der Waals surface area contributed by atoms with Gasteiger partial charge in [0.25, 0.3) is 11.1 Å². The zero-order valence-corrected chi connectivity index (χ0v) is 61.0. The van der Waals surface area contributed by atoms with Crippen molar-refractivity contribution in [3.8, 4) is 0 Å². The van der Waals surface area contributed by atoms with E-state index in [0.29, 0.717) is 0 Å². The summed E-state index contributed by atoms with van der Waals surface area (Å²) in [6, 6.07) is 2.49. The van der Waals surface area contributed by atoms with Gasteiger partial charge in [0, 0.05) is 56.3 Å². The zero-order chi connectivity index (χ0) is 78.7. The summed E-state index contributed by atoms with van der Waals surface area (Å²) < 4.78 is 163. The van der Waals surface area contributed by atoms with Crippen LogP contribution in [0.15, 0.2) is 73.7 Å². The first kappa shape index (κ1) is 80.3. The topological polar surface area (TPSA) is 728 Å². The van der Waals surface area contributed by atoms with Crippen molar-refractivity contribution >= 4 is 90.8 Å². The Kier molecular flexibility index (Phi) is 23.4. The largest absolute Gasteiger partial charge is 0.472 e. The average molecular weight is 1660 g/mol. The van der Waals surface area contributed by atoms with Gasteiger partial charge in [-0.1, -0.05) is 0 Å². The molecule has 0 aromatic carbocycles. The van der Waals surface area contributed by atoms with Crippen molar-refractivity contribution in [1.82, 2.24) is 67.7 Å². The molecule has 0 bridgehead atoms. The van der Waals surface area contributed by atoms with Gasteiger partial charge in [0.15, 0.2) is 28.7 Å². The number of hydrogen-bond donors (Lipinski definition) is 13. The third-order valence-corrected chi connectivity index (χ3v) is 22.8. The number of H-pyrrole nitrogens is 2. The number of hydrogen-bond acceptors (Lipinski definition) is 40. The molecule has 0 spiro atoms. The molecule has 13 heterocycles. The van der Waals surface area contributed by atoms with E-state index >= 15 is 0 Å². The standard InChI is InChI=1S/C53H69N18O34P5/c1-22-12-69(53(79)66-48(22)75)40-9-26(32(98-40)16-93-110(88,89)105-28-11-42(74)100-34(28)18-94-107(82,83)101-24-7-38(95-29(24)13-72)67-4-2-35(54)62-51(67)77)103-108(84,85)92-17-33-27(10-41(99-33)70-20-60-43-45(56)58-19-59-46(43)70)104-109(86,87)91-15-31-25(8-39(97-31)68-5-3-36(55)63-52(68)78)102-106(80,81)90-14-30-23(73)6-37(96-30)71-21-61-44-47(71)64-50(57)65-49(44)76/h2-5,12,19-21,23-34,37-41,72-73H,6-11,13-18H2,1H3,(H,80,81)(H,82,83)(H,84,85)(H,86,87)(H,88,89)(H2,54,62,77)(H2,55,63,78)(H2,56,58,59)(H,66,75,79)(H3,57,64,65,76)/t23-,24-,25-,26-,27-,28-,29+,30+,31+,32+,33+,34+,37+,38+,39+,40+,41+/m0/s1. The summed E-state index contributed by atoms with van der Waals surface area (Å²) in [6.45, 7) is -4.53. The highest BCUT2D eigenvalue weighted by Crippen LogP contribution is 2.56. The highest BCUT2D eigenvalue weighted by atomic mass is 31.2. The van der Waals surface area contributed by atoms with Crippen LogP contribution in [0, 0.1) is 6.92 Å². The van der Waals surface area contributed by atoms with Crippen molar-refractivity contribution in [2.24, 2.45) is 0 Å². The van der Waals surface area contributed by atoms with E-state index in [1.54, 1.807) is 0 Å². The number of aliphatic hydroxyl groups excluding tert-OH is 2. The third kappa shape index (κ3) is 18.5. The minimum absolute atomic E-state index is 0.00136. The number of aliphatic hydroxyl groups is 2. The first-order valence-electron chi connectivity index (χ1n) is 32.7. The van der Waals surface area contributed by atoms with E-state index in [1.807, 2.05) is 0 Å². The number of aromatic nitrogens is 14. The van der Waals surface area contributed by atoms with E-state index in [1.165, 1.54) is 53.2 Å². The first-order valence-corrected chi connectivity index (χ1v) is 40.1. The van der Waals surface area contributed by atoms with E-state index in [9.17, 15) is 86.3 Å². The summed E-state index contributed by atoms with van der Waals surface area (Å²) in [5, 5.41) is 20.9. The van der Waals surface area contributed by atoms with E-state index in [4.69, 9.17) is 96.6 Å². The lowest BCUT2D eigenvalue weighted by Gasteiger charge is -2.26. The third-order valence-electron chi connectivity index (χ3n) is 17.8. The van der Waals surface area contributed by atoms with Gasteiger partial charge < -0.3 is 86.0 Å². The van der Waals surface area contributed by atoms with Gasteiger partial charge in [0.05, 0.1) is 64.8 Å². The number of aromatic amines is 2. The number of rotatable bonds is 31. The quantitative estimate of drug-likeness (QED) is 0.0155. The Morgan fingerprint density at radius 2 is 0.909 bits per heavy atom. The van der Waals surface area contributed by atoms with Crippen LogP contribution in [0.3, 0.4) is 0 Å². The molecule has 6 fully saturated rings. The second-order valence-corrected chi connectivity index (χ2v) is 32.3. The number of carbonyl (C=O) groups is 1. The summed E-state index contributed by atoms with van der Waals surface area (Å²) in [5.74, 6) is -1.69. The Bertz CT molecular complexity index is 5180. The summed E-state index contributed by atoms with van der Waals surface area (Å²) in [4.78, 5) is 164. The van der Waals surface area contributed by atoms with Crippen LogP contribution in [-0.2, 0) is 101 Å². The van der Waals surface area contributed by atoms with Crippen LogP contribution in [0.2, 0.25) is 0 Å². The van der Waals surface area contributed by atoms with Crippen LogP contribution >= 0.6 is 39.1 Å². The number of phosphoric acid groups is 5. The molecule has 7 aromatic rings. The molecule has 0 saturated carbocycles. The molecule has 13 rings (SSSR count). The highest BCUT2D eigenvalue weighted by molar-refractivity contribution is 7.48. The lowest BCUT2D eigenvalue weighted by Crippen LogP contribution is -2.33. The molecule has 5 unspecified atom stereocenters. The van der Waals surface area contributed by atoms with E-state index < -0.39 is 243 Å². The van der Waals surface area contributed by atoms with Crippen LogP contribution in [0.4, 0.5) is 23.4 Å². The van der Waals surface area contributed by atoms with Crippen LogP contribution < -0.4 is 51.1 Å². The molecule has 22 atom stereocenters. The second kappa shape index (κ2) is 32.0. The van der Waals surface area contributed by atoms with Crippen molar-refractivity contribution in [1.29, 1.82) is 0 Å². The maximum absolute atomic E-state index is 14.3. The molecule has 7 aromatic heterocycles. The number of carbonyl (C=O) groups excluding carboxylic acids is 1. The number of esters is 1. The van der Waals surface area contributed by atoms with Gasteiger partial charge in [0.2, 0.25) is 5.95 Å². The Morgan fingerprint density at radius 1 is 0.491 bits per heavy atom. The Morgan fingerprint density at radius 3 is 1.41 bits per heavy atom.